The molecular weight excluding hydrogens is 541 g/mol. The summed E-state index contributed by atoms with van der Waals surface area (Å²) < 4.78 is 56.6. The Bertz CT molecular complexity index is 1290. The average Bonchev–Trinajstić information content (AvgIpc) is 3.36. The van der Waals surface area contributed by atoms with Crippen LogP contribution in [0.25, 0.3) is 0 Å². The Morgan fingerprint density at radius 2 is 1.81 bits per heavy atom. The Balaban J connectivity index is 1.29. The minimum atomic E-state index is -4.92. The van der Waals surface area contributed by atoms with Gasteiger partial charge in [0, 0.05) is 30.9 Å². The number of alkyl halides is 3. The molecule has 5 rings (SSSR count). The van der Waals surface area contributed by atoms with Gasteiger partial charge in [-0.15, -0.1) is 0 Å². The number of nitrogens with zero attached hydrogens (tertiary/aromatic N) is 3. The van der Waals surface area contributed by atoms with Crippen molar-refractivity contribution >= 4 is 40.9 Å². The van der Waals surface area contributed by atoms with Gasteiger partial charge in [-0.25, -0.2) is 4.39 Å². The predicted molar refractivity (Wildman–Crippen MR) is 124 cm³/mol. The van der Waals surface area contributed by atoms with Crippen molar-refractivity contribution in [2.24, 2.45) is 5.16 Å². The molecule has 0 radical (unpaired) electrons. The number of fused-ring (bicyclic) bond motifs is 1. The predicted octanol–water partition coefficient (Wildman–Crippen LogP) is 4.04. The molecule has 1 saturated carbocycles. The summed E-state index contributed by atoms with van der Waals surface area (Å²) in [5, 5.41) is 7.83. The molecule has 0 spiro atoms. The lowest BCUT2D eigenvalue weighted by molar-refractivity contribution is -0.275. The van der Waals surface area contributed by atoms with Crippen molar-refractivity contribution in [1.29, 1.82) is 0 Å². The van der Waals surface area contributed by atoms with Crippen LogP contribution in [0.3, 0.4) is 0 Å². The third-order valence-electron chi connectivity index (χ3n) is 6.38. The van der Waals surface area contributed by atoms with Crippen LogP contribution in [-0.2, 0) is 28.3 Å². The van der Waals surface area contributed by atoms with E-state index in [1.165, 1.54) is 12.3 Å². The molecule has 1 aliphatic carbocycles. The summed E-state index contributed by atoms with van der Waals surface area (Å²) in [6.07, 6.45) is -2.31. The Morgan fingerprint density at radius 1 is 1.14 bits per heavy atom. The first-order valence-electron chi connectivity index (χ1n) is 11.2. The molecule has 2 aliphatic heterocycles. The zero-order valence-corrected chi connectivity index (χ0v) is 20.5. The van der Waals surface area contributed by atoms with Gasteiger partial charge in [0.1, 0.15) is 11.5 Å². The zero-order chi connectivity index (χ0) is 26.5. The molecule has 1 unspecified atom stereocenters. The lowest BCUT2D eigenvalue weighted by Gasteiger charge is -2.30. The largest absolute Gasteiger partial charge is 0.435 e. The number of amidine groups is 1. The van der Waals surface area contributed by atoms with Gasteiger partial charge in [0.15, 0.2) is 5.82 Å². The van der Waals surface area contributed by atoms with Crippen molar-refractivity contribution in [3.8, 4) is 0 Å². The summed E-state index contributed by atoms with van der Waals surface area (Å²) in [7, 11) is 0. The van der Waals surface area contributed by atoms with Crippen LogP contribution >= 0.6 is 23.2 Å². The van der Waals surface area contributed by atoms with Gasteiger partial charge in [-0.1, -0.05) is 28.4 Å². The number of amides is 2. The molecule has 14 heteroatoms. The molecule has 196 valence electrons. The maximum absolute atomic E-state index is 14.3. The van der Waals surface area contributed by atoms with E-state index in [0.29, 0.717) is 11.1 Å². The van der Waals surface area contributed by atoms with Crippen LogP contribution in [0.5, 0.6) is 0 Å². The van der Waals surface area contributed by atoms with Crippen molar-refractivity contribution < 1.29 is 32.0 Å². The first-order chi connectivity index (χ1) is 17.5. The molecule has 1 fully saturated rings. The van der Waals surface area contributed by atoms with Gasteiger partial charge in [0.25, 0.3) is 11.5 Å². The Labute approximate surface area is 217 Å². The van der Waals surface area contributed by atoms with Crippen LogP contribution in [0.4, 0.5) is 17.6 Å². The van der Waals surface area contributed by atoms with Gasteiger partial charge in [-0.05, 0) is 42.2 Å². The number of benzene rings is 1. The second kappa shape index (κ2) is 9.32. The molecule has 3 heterocycles. The van der Waals surface area contributed by atoms with Crippen molar-refractivity contribution in [2.75, 3.05) is 6.54 Å². The fourth-order valence-electron chi connectivity index (χ4n) is 4.19. The van der Waals surface area contributed by atoms with E-state index < -0.39 is 45.5 Å². The minimum Gasteiger partial charge on any atom is -0.372 e. The van der Waals surface area contributed by atoms with Gasteiger partial charge in [-0.2, -0.15) is 13.2 Å². The fraction of sp³-hybridized carbons (Fsp3) is 0.391. The fourth-order valence-corrected chi connectivity index (χ4v) is 4.68. The standard InChI is InChI=1S/C23H19Cl2F4N5O3/c24-15-4-13(5-16(25)20(15)26)22(23(27,28)29)6-18(33-37-22)34-9-11-3-17(30-7-12(11)10-34)21(36)31-8-19(35)32-14-1-2-14/h3-5,7,14H,1-2,6,8-10H2,(H,31,36)(H,32,35). The van der Waals surface area contributed by atoms with Crippen LogP contribution in [0.15, 0.2) is 29.6 Å². The van der Waals surface area contributed by atoms with E-state index in [1.807, 2.05) is 0 Å². The number of hydrogen-bond donors (Lipinski definition) is 2. The minimum absolute atomic E-state index is 0.00726. The SMILES string of the molecule is O=C(CNC(=O)c1cc2c(cn1)CN(C1=NOC(c3cc(Cl)c(F)c(Cl)c3)(C(F)(F)F)C1)C2)NC1CC1. The van der Waals surface area contributed by atoms with Crippen LogP contribution in [-0.4, -0.2) is 46.3 Å². The Hall–Kier alpha value is -3.12. The maximum atomic E-state index is 14.3. The lowest BCUT2D eigenvalue weighted by Crippen LogP contribution is -2.44. The van der Waals surface area contributed by atoms with Crippen LogP contribution in [0.2, 0.25) is 10.0 Å². The number of pyridine rings is 1. The topological polar surface area (TPSA) is 95.9 Å². The first kappa shape index (κ1) is 25.5. The van der Waals surface area contributed by atoms with E-state index in [1.54, 1.807) is 4.90 Å². The molecule has 1 atom stereocenters. The van der Waals surface area contributed by atoms with E-state index in [-0.39, 0.29) is 43.1 Å². The van der Waals surface area contributed by atoms with Gasteiger partial charge in [-0.3, -0.25) is 14.6 Å². The summed E-state index contributed by atoms with van der Waals surface area (Å²) >= 11 is 11.5. The number of rotatable bonds is 5. The third kappa shape index (κ3) is 4.91. The Morgan fingerprint density at radius 3 is 2.46 bits per heavy atom. The molecule has 1 aromatic carbocycles. The number of oxime groups is 1. The second-order valence-corrected chi connectivity index (χ2v) is 9.89. The molecule has 0 saturated heterocycles. The lowest BCUT2D eigenvalue weighted by atomic mass is 9.89. The van der Waals surface area contributed by atoms with E-state index in [2.05, 4.69) is 20.8 Å². The van der Waals surface area contributed by atoms with Crippen molar-refractivity contribution in [3.63, 3.8) is 0 Å². The summed E-state index contributed by atoms with van der Waals surface area (Å²) in [5.74, 6) is -1.86. The number of carbonyl (C=O) groups is 2. The summed E-state index contributed by atoms with van der Waals surface area (Å²) in [4.78, 5) is 34.9. The normalized spacial score (nSPS) is 20.8. The molecule has 37 heavy (non-hydrogen) atoms. The second-order valence-electron chi connectivity index (χ2n) is 9.07. The molecule has 3 aliphatic rings. The van der Waals surface area contributed by atoms with Gasteiger partial charge in [0.05, 0.1) is 23.0 Å². The summed E-state index contributed by atoms with van der Waals surface area (Å²) in [5.41, 5.74) is -1.93. The summed E-state index contributed by atoms with van der Waals surface area (Å²) in [6, 6.07) is 3.35. The highest BCUT2D eigenvalue weighted by molar-refractivity contribution is 6.35. The van der Waals surface area contributed by atoms with Gasteiger partial charge < -0.3 is 20.4 Å². The third-order valence-corrected chi connectivity index (χ3v) is 6.93. The quantitative estimate of drug-likeness (QED) is 0.425. The highest BCUT2D eigenvalue weighted by Gasteiger charge is 2.63. The molecule has 0 bridgehead atoms. The highest BCUT2D eigenvalue weighted by atomic mass is 35.5. The smallest absolute Gasteiger partial charge is 0.372 e. The number of aromatic nitrogens is 1. The van der Waals surface area contributed by atoms with E-state index in [4.69, 9.17) is 28.0 Å². The molecule has 2 amide bonds. The van der Waals surface area contributed by atoms with Crippen LogP contribution < -0.4 is 10.6 Å². The van der Waals surface area contributed by atoms with Crippen LogP contribution in [0, 0.1) is 5.82 Å². The van der Waals surface area contributed by atoms with Crippen molar-refractivity contribution in [2.45, 2.75) is 50.2 Å². The monoisotopic (exact) mass is 559 g/mol. The van der Waals surface area contributed by atoms with Crippen LogP contribution in [0.1, 0.15) is 46.4 Å². The van der Waals surface area contributed by atoms with Gasteiger partial charge >= 0.3 is 6.18 Å². The van der Waals surface area contributed by atoms with Crippen molar-refractivity contribution in [1.82, 2.24) is 20.5 Å². The molecule has 1 aromatic heterocycles. The van der Waals surface area contributed by atoms with E-state index in [9.17, 15) is 27.2 Å². The molecule has 8 nitrogen and oxygen atoms in total. The van der Waals surface area contributed by atoms with E-state index >= 15 is 0 Å². The molecular formula is C23H19Cl2F4N5O3. The van der Waals surface area contributed by atoms with Crippen molar-refractivity contribution in [3.05, 3.63) is 62.6 Å². The number of halogens is 6. The van der Waals surface area contributed by atoms with Gasteiger partial charge in [0.2, 0.25) is 5.91 Å². The Kier molecular flexibility index (Phi) is 6.43. The zero-order valence-electron chi connectivity index (χ0n) is 19.0. The molecule has 2 aromatic rings. The average molecular weight is 560 g/mol. The number of hydrogen-bond acceptors (Lipinski definition) is 6. The first-order valence-corrected chi connectivity index (χ1v) is 12.0. The number of carbonyl (C=O) groups excluding carboxylic acids is 2. The maximum Gasteiger partial charge on any atom is 0.435 e. The molecule has 2 N–H and O–H groups in total. The van der Waals surface area contributed by atoms with E-state index in [0.717, 1.165) is 25.0 Å². The summed E-state index contributed by atoms with van der Waals surface area (Å²) in [6.45, 7) is 0.155. The number of nitrogens with one attached hydrogen (secondary N) is 2. The highest BCUT2D eigenvalue weighted by Crippen LogP contribution is 2.50.